The zero-order valence-corrected chi connectivity index (χ0v) is 21.0. The van der Waals surface area contributed by atoms with E-state index in [1.807, 2.05) is 36.4 Å². The second-order valence-electron chi connectivity index (χ2n) is 9.25. The Labute approximate surface area is 227 Å². The van der Waals surface area contributed by atoms with Gasteiger partial charge in [-0.3, -0.25) is 9.78 Å². The van der Waals surface area contributed by atoms with E-state index < -0.39 is 11.7 Å². The number of hydrogen-bond acceptors (Lipinski definition) is 4. The topological polar surface area (TPSA) is 52.1 Å². The minimum Gasteiger partial charge on any atom is -0.487 e. The fraction of sp³-hybridized carbons (Fsp3) is 0.0606. The molecule has 0 radical (unpaired) electrons. The Morgan fingerprint density at radius 1 is 0.800 bits per heavy atom. The Bertz CT molecular complexity index is 1870. The number of carbonyl (C=O) groups excluding carboxylic acids is 1. The Hall–Kier alpha value is -5.04. The molecule has 0 aliphatic rings. The number of pyridine rings is 2. The average Bonchev–Trinajstić information content (AvgIpc) is 2.98. The highest BCUT2D eigenvalue weighted by Gasteiger charge is 2.34. The zero-order valence-electron chi connectivity index (χ0n) is 21.0. The van der Waals surface area contributed by atoms with Crippen LogP contribution >= 0.6 is 0 Å². The summed E-state index contributed by atoms with van der Waals surface area (Å²) in [5, 5.41) is 1.25. The number of ketones is 1. The van der Waals surface area contributed by atoms with Crippen LogP contribution in [0, 0.1) is 0 Å². The number of halogens is 3. The van der Waals surface area contributed by atoms with Crippen LogP contribution in [0.25, 0.3) is 32.9 Å². The summed E-state index contributed by atoms with van der Waals surface area (Å²) >= 11 is 0. The normalized spacial score (nSPS) is 11.6. The molecule has 0 bridgehead atoms. The first-order chi connectivity index (χ1) is 19.4. The van der Waals surface area contributed by atoms with Gasteiger partial charge in [0.25, 0.3) is 0 Å². The summed E-state index contributed by atoms with van der Waals surface area (Å²) in [5.74, 6) is 0.150. The number of para-hydroxylation sites is 2. The Kier molecular flexibility index (Phi) is 6.48. The number of alkyl halides is 3. The van der Waals surface area contributed by atoms with Gasteiger partial charge in [-0.25, -0.2) is 4.98 Å². The van der Waals surface area contributed by atoms with Crippen LogP contribution in [-0.4, -0.2) is 15.8 Å². The van der Waals surface area contributed by atoms with Gasteiger partial charge in [0.05, 0.1) is 22.3 Å². The van der Waals surface area contributed by atoms with Crippen LogP contribution in [0.4, 0.5) is 13.2 Å². The van der Waals surface area contributed by atoms with Crippen LogP contribution < -0.4 is 4.74 Å². The molecule has 0 fully saturated rings. The van der Waals surface area contributed by atoms with Crippen LogP contribution in [0.1, 0.15) is 27.2 Å². The monoisotopic (exact) mass is 534 g/mol. The molecule has 6 aromatic rings. The number of ether oxygens (including phenoxy) is 1. The van der Waals surface area contributed by atoms with Crippen molar-refractivity contribution in [3.05, 3.63) is 138 Å². The molecule has 4 nitrogen and oxygen atoms in total. The van der Waals surface area contributed by atoms with E-state index in [2.05, 4.69) is 9.97 Å². The van der Waals surface area contributed by atoms with E-state index in [4.69, 9.17) is 4.74 Å². The van der Waals surface area contributed by atoms with Gasteiger partial charge < -0.3 is 4.74 Å². The molecule has 0 atom stereocenters. The molecule has 0 amide bonds. The number of aromatic nitrogens is 2. The molecule has 4 aromatic carbocycles. The first kappa shape index (κ1) is 25.2. The lowest BCUT2D eigenvalue weighted by Crippen LogP contribution is -2.09. The Balaban J connectivity index is 1.44. The van der Waals surface area contributed by atoms with Gasteiger partial charge in [-0.2, -0.15) is 13.2 Å². The molecule has 0 saturated carbocycles. The van der Waals surface area contributed by atoms with Crippen molar-refractivity contribution in [2.75, 3.05) is 0 Å². The molecule has 0 aliphatic heterocycles. The largest absolute Gasteiger partial charge is 0.487 e. The molecule has 6 rings (SSSR count). The van der Waals surface area contributed by atoms with Crippen molar-refractivity contribution >= 4 is 27.6 Å². The summed E-state index contributed by atoms with van der Waals surface area (Å²) in [5.41, 5.74) is 2.01. The molecule has 2 heterocycles. The number of carbonyl (C=O) groups is 1. The summed E-state index contributed by atoms with van der Waals surface area (Å²) in [6.45, 7) is 0.194. The molecule has 0 unspecified atom stereocenters. The molecule has 0 N–H and O–H groups in total. The third-order valence-corrected chi connectivity index (χ3v) is 6.65. The minimum absolute atomic E-state index is 0.194. The quantitative estimate of drug-likeness (QED) is 0.202. The van der Waals surface area contributed by atoms with E-state index in [0.717, 1.165) is 22.7 Å². The maximum atomic E-state index is 13.9. The van der Waals surface area contributed by atoms with Crippen LogP contribution in [0.15, 0.2) is 115 Å². The van der Waals surface area contributed by atoms with Gasteiger partial charge >= 0.3 is 6.18 Å². The number of fused-ring (bicyclic) bond motifs is 2. The smallest absolute Gasteiger partial charge is 0.418 e. The SMILES string of the molecule is O=C(c1ccccc1)c1cnc2c(C(F)(F)F)cccc2c1-c1cccc(OCc2ccc3ccccc3n2)c1. The summed E-state index contributed by atoms with van der Waals surface area (Å²) < 4.78 is 47.6. The average molecular weight is 535 g/mol. The number of benzene rings is 4. The van der Waals surface area contributed by atoms with Crippen LogP contribution in [0.2, 0.25) is 0 Å². The van der Waals surface area contributed by atoms with Crippen molar-refractivity contribution in [1.29, 1.82) is 0 Å². The summed E-state index contributed by atoms with van der Waals surface area (Å²) in [6, 6.07) is 31.1. The van der Waals surface area contributed by atoms with Crippen LogP contribution in [-0.2, 0) is 12.8 Å². The molecule has 196 valence electrons. The van der Waals surface area contributed by atoms with Crippen molar-refractivity contribution in [2.24, 2.45) is 0 Å². The van der Waals surface area contributed by atoms with E-state index >= 15 is 0 Å². The third-order valence-electron chi connectivity index (χ3n) is 6.65. The standard InChI is InChI=1S/C33H21F3N2O2/c34-33(35,36)28-14-7-13-26-30(27(19-37-31(26)28)32(39)22-9-2-1-3-10-22)23-11-6-12-25(18-23)40-20-24-17-16-21-8-4-5-15-29(21)38-24/h1-19H,20H2. The van der Waals surface area contributed by atoms with Crippen molar-refractivity contribution in [1.82, 2.24) is 9.97 Å². The molecule has 0 aliphatic carbocycles. The van der Waals surface area contributed by atoms with E-state index in [-0.39, 0.29) is 28.9 Å². The summed E-state index contributed by atoms with van der Waals surface area (Å²) in [6.07, 6.45) is -3.37. The first-order valence-electron chi connectivity index (χ1n) is 12.5. The predicted molar refractivity (Wildman–Crippen MR) is 148 cm³/mol. The third kappa shape index (κ3) is 4.89. The fourth-order valence-electron chi connectivity index (χ4n) is 4.77. The van der Waals surface area contributed by atoms with Crippen LogP contribution in [0.5, 0.6) is 5.75 Å². The van der Waals surface area contributed by atoms with Crippen LogP contribution in [0.3, 0.4) is 0 Å². The zero-order chi connectivity index (χ0) is 27.7. The van der Waals surface area contributed by atoms with Crippen molar-refractivity contribution in [3.63, 3.8) is 0 Å². The van der Waals surface area contributed by atoms with Gasteiger partial charge in [-0.1, -0.05) is 78.9 Å². The van der Waals surface area contributed by atoms with Gasteiger partial charge in [-0.15, -0.1) is 0 Å². The van der Waals surface area contributed by atoms with E-state index in [1.54, 1.807) is 60.7 Å². The molecule has 0 saturated heterocycles. The van der Waals surface area contributed by atoms with Crippen molar-refractivity contribution in [3.8, 4) is 16.9 Å². The summed E-state index contributed by atoms with van der Waals surface area (Å²) in [4.78, 5) is 22.3. The lowest BCUT2D eigenvalue weighted by Gasteiger charge is -2.16. The fourth-order valence-corrected chi connectivity index (χ4v) is 4.77. The molecule has 7 heteroatoms. The lowest BCUT2D eigenvalue weighted by atomic mass is 9.91. The molecule has 2 aromatic heterocycles. The van der Waals surface area contributed by atoms with Crippen molar-refractivity contribution < 1.29 is 22.7 Å². The number of nitrogens with zero attached hydrogens (tertiary/aromatic N) is 2. The molecule has 0 spiro atoms. The van der Waals surface area contributed by atoms with Gasteiger partial charge in [-0.05, 0) is 35.9 Å². The highest BCUT2D eigenvalue weighted by Crippen LogP contribution is 2.39. The van der Waals surface area contributed by atoms with Gasteiger partial charge in [0.1, 0.15) is 12.4 Å². The Morgan fingerprint density at radius 2 is 1.57 bits per heavy atom. The summed E-state index contributed by atoms with van der Waals surface area (Å²) in [7, 11) is 0. The van der Waals surface area contributed by atoms with Gasteiger partial charge in [0.15, 0.2) is 5.78 Å². The molecule has 40 heavy (non-hydrogen) atoms. The number of rotatable bonds is 6. The lowest BCUT2D eigenvalue weighted by molar-refractivity contribution is -0.136. The van der Waals surface area contributed by atoms with Gasteiger partial charge in [0, 0.05) is 33.7 Å². The maximum absolute atomic E-state index is 13.9. The van der Waals surface area contributed by atoms with E-state index in [0.29, 0.717) is 22.4 Å². The highest BCUT2D eigenvalue weighted by molar-refractivity contribution is 6.16. The molecular formula is C33H21F3N2O2. The second kappa shape index (κ2) is 10.3. The first-order valence-corrected chi connectivity index (χ1v) is 12.5. The van der Waals surface area contributed by atoms with Gasteiger partial charge in [0.2, 0.25) is 0 Å². The predicted octanol–water partition coefficient (Wildman–Crippen LogP) is 8.28. The molecular weight excluding hydrogens is 513 g/mol. The minimum atomic E-state index is -4.60. The van der Waals surface area contributed by atoms with Crippen molar-refractivity contribution in [2.45, 2.75) is 12.8 Å². The second-order valence-corrected chi connectivity index (χ2v) is 9.25. The van der Waals surface area contributed by atoms with E-state index in [9.17, 15) is 18.0 Å². The highest BCUT2D eigenvalue weighted by atomic mass is 19.4. The maximum Gasteiger partial charge on any atom is 0.418 e. The number of hydrogen-bond donors (Lipinski definition) is 0. The Morgan fingerprint density at radius 3 is 2.40 bits per heavy atom. The van der Waals surface area contributed by atoms with E-state index in [1.165, 1.54) is 12.3 Å².